The highest BCUT2D eigenvalue weighted by atomic mass is 16.3. The Kier molecular flexibility index (Phi) is 17.5. The number of nitrogens with two attached hydrogens (primary N) is 1. The van der Waals surface area contributed by atoms with Crippen molar-refractivity contribution in [1.82, 2.24) is 24.9 Å². The van der Waals surface area contributed by atoms with E-state index in [0.29, 0.717) is 72.0 Å². The molecule has 0 aromatic heterocycles. The van der Waals surface area contributed by atoms with E-state index in [2.05, 4.69) is 26.6 Å². The summed E-state index contributed by atoms with van der Waals surface area (Å²) in [7, 11) is 1.88. The summed E-state index contributed by atoms with van der Waals surface area (Å²) < 4.78 is 0. The number of Topliss-reactive ketones (excluding diaryl/α,β-unsaturated/α-hetero) is 2. The summed E-state index contributed by atoms with van der Waals surface area (Å²) in [6.07, 6.45) is 0.753. The highest BCUT2D eigenvalue weighted by Gasteiger charge is 2.15. The van der Waals surface area contributed by atoms with Gasteiger partial charge in [0.2, 0.25) is 5.91 Å². The van der Waals surface area contributed by atoms with Crippen LogP contribution in [0.4, 0.5) is 0 Å². The van der Waals surface area contributed by atoms with Crippen molar-refractivity contribution in [1.29, 1.82) is 0 Å². The molecule has 0 spiro atoms. The molecule has 192 valence electrons. The maximum absolute atomic E-state index is 12.0. The van der Waals surface area contributed by atoms with Gasteiger partial charge in [-0.25, -0.2) is 0 Å². The highest BCUT2D eigenvalue weighted by molar-refractivity contribution is 5.78. The van der Waals surface area contributed by atoms with Gasteiger partial charge in [0, 0.05) is 45.8 Å². The Morgan fingerprint density at radius 1 is 0.848 bits per heavy atom. The molecule has 0 heterocycles. The van der Waals surface area contributed by atoms with Crippen LogP contribution in [0.15, 0.2) is 12.3 Å². The molecule has 0 saturated heterocycles. The fourth-order valence-corrected chi connectivity index (χ4v) is 3.36. The van der Waals surface area contributed by atoms with Crippen LogP contribution in [0.1, 0.15) is 27.2 Å². The number of aliphatic hydroxyl groups is 1. The molecule has 0 aromatic carbocycles. The van der Waals surface area contributed by atoms with E-state index in [1.165, 1.54) is 0 Å². The minimum Gasteiger partial charge on any atom is -0.512 e. The van der Waals surface area contributed by atoms with Crippen LogP contribution in [0.3, 0.4) is 0 Å². The number of nitrogens with zero attached hydrogens (tertiary/aromatic N) is 4. The van der Waals surface area contributed by atoms with Crippen LogP contribution in [-0.4, -0.2) is 134 Å². The van der Waals surface area contributed by atoms with E-state index in [1.807, 2.05) is 18.9 Å². The molecule has 0 saturated carbocycles. The Hall–Kier alpha value is -1.85. The summed E-state index contributed by atoms with van der Waals surface area (Å²) in [5.41, 5.74) is 5.44. The minimum atomic E-state index is -0.0391. The number of nitrogens with one attached hydrogen (secondary N) is 1. The highest BCUT2D eigenvalue weighted by Crippen LogP contribution is 1.99. The standard InChI is InChI=1S/C23H46N6O4/c1-6-27(16-20(2)30)12-13-29(18-22(4)32)15-14-28(17-21(3)31)11-10-26(5)19-23(33)25-9-7-8-24/h30H,2,6-19,24H2,1,3-5H3,(H,25,33). The maximum atomic E-state index is 12.0. The smallest absolute Gasteiger partial charge is 0.234 e. The molecule has 33 heavy (non-hydrogen) atoms. The van der Waals surface area contributed by atoms with E-state index in [1.54, 1.807) is 13.8 Å². The third kappa shape index (κ3) is 18.3. The summed E-state index contributed by atoms with van der Waals surface area (Å²) in [5, 5.41) is 12.3. The molecule has 4 N–H and O–H groups in total. The van der Waals surface area contributed by atoms with Crippen molar-refractivity contribution in [2.24, 2.45) is 5.73 Å². The summed E-state index contributed by atoms with van der Waals surface area (Å²) in [4.78, 5) is 43.6. The van der Waals surface area contributed by atoms with E-state index in [9.17, 15) is 19.5 Å². The second-order valence-corrected chi connectivity index (χ2v) is 8.62. The second-order valence-electron chi connectivity index (χ2n) is 8.62. The number of hydrogen-bond acceptors (Lipinski definition) is 9. The van der Waals surface area contributed by atoms with Crippen molar-refractivity contribution in [3.8, 4) is 0 Å². The number of rotatable bonds is 21. The number of aliphatic hydroxyl groups excluding tert-OH is 1. The van der Waals surface area contributed by atoms with Crippen LogP contribution in [0.25, 0.3) is 0 Å². The maximum Gasteiger partial charge on any atom is 0.234 e. The van der Waals surface area contributed by atoms with Gasteiger partial charge in [0.15, 0.2) is 0 Å². The van der Waals surface area contributed by atoms with Gasteiger partial charge in [-0.3, -0.25) is 34.0 Å². The van der Waals surface area contributed by atoms with Crippen LogP contribution < -0.4 is 11.1 Å². The molecule has 0 atom stereocenters. The molecule has 10 nitrogen and oxygen atoms in total. The molecule has 0 aromatic rings. The molecule has 0 rings (SSSR count). The predicted molar refractivity (Wildman–Crippen MR) is 132 cm³/mol. The fraction of sp³-hybridized carbons (Fsp3) is 0.783. The second kappa shape index (κ2) is 18.6. The lowest BCUT2D eigenvalue weighted by Crippen LogP contribution is -2.45. The first-order valence-corrected chi connectivity index (χ1v) is 11.7. The monoisotopic (exact) mass is 470 g/mol. The lowest BCUT2D eigenvalue weighted by Gasteiger charge is -2.29. The lowest BCUT2D eigenvalue weighted by atomic mass is 10.3. The van der Waals surface area contributed by atoms with Gasteiger partial charge in [0.05, 0.1) is 31.9 Å². The van der Waals surface area contributed by atoms with Crippen LogP contribution in [0.5, 0.6) is 0 Å². The van der Waals surface area contributed by atoms with Gasteiger partial charge in [0.1, 0.15) is 11.6 Å². The van der Waals surface area contributed by atoms with Gasteiger partial charge in [-0.05, 0) is 40.4 Å². The van der Waals surface area contributed by atoms with Gasteiger partial charge >= 0.3 is 0 Å². The Balaban J connectivity index is 4.73. The Morgan fingerprint density at radius 2 is 1.33 bits per heavy atom. The van der Waals surface area contributed by atoms with E-state index in [0.717, 1.165) is 13.0 Å². The summed E-state index contributed by atoms with van der Waals surface area (Å²) in [6.45, 7) is 15.9. The number of carbonyl (C=O) groups is 3. The van der Waals surface area contributed by atoms with E-state index >= 15 is 0 Å². The quantitative estimate of drug-likeness (QED) is 0.151. The molecule has 0 bridgehead atoms. The molecule has 0 unspecified atom stereocenters. The Bertz CT molecular complexity index is 602. The topological polar surface area (TPSA) is 122 Å². The van der Waals surface area contributed by atoms with Crippen molar-refractivity contribution in [2.75, 3.05) is 92.1 Å². The largest absolute Gasteiger partial charge is 0.512 e. The lowest BCUT2D eigenvalue weighted by molar-refractivity contribution is -0.122. The molecule has 0 aliphatic carbocycles. The zero-order chi connectivity index (χ0) is 25.2. The van der Waals surface area contributed by atoms with Crippen LogP contribution >= 0.6 is 0 Å². The minimum absolute atomic E-state index is 0.0391. The summed E-state index contributed by atoms with van der Waals surface area (Å²) in [6, 6.07) is 0. The van der Waals surface area contributed by atoms with Crippen molar-refractivity contribution >= 4 is 17.5 Å². The average molecular weight is 471 g/mol. The number of carbonyl (C=O) groups excluding carboxylic acids is 3. The van der Waals surface area contributed by atoms with Gasteiger partial charge in [-0.2, -0.15) is 0 Å². The third-order valence-corrected chi connectivity index (χ3v) is 5.13. The van der Waals surface area contributed by atoms with E-state index < -0.39 is 0 Å². The molecule has 0 aliphatic heterocycles. The Labute approximate surface area is 199 Å². The zero-order valence-corrected chi connectivity index (χ0v) is 21.1. The third-order valence-electron chi connectivity index (χ3n) is 5.13. The number of likely N-dealkylation sites (N-methyl/N-ethyl adjacent to an activating group) is 2. The van der Waals surface area contributed by atoms with Gasteiger partial charge in [-0.15, -0.1) is 0 Å². The summed E-state index contributed by atoms with van der Waals surface area (Å²) >= 11 is 0. The van der Waals surface area contributed by atoms with Crippen molar-refractivity contribution in [3.05, 3.63) is 12.3 Å². The van der Waals surface area contributed by atoms with Crippen molar-refractivity contribution in [3.63, 3.8) is 0 Å². The van der Waals surface area contributed by atoms with Crippen LogP contribution in [0, 0.1) is 0 Å². The Morgan fingerprint density at radius 3 is 1.76 bits per heavy atom. The van der Waals surface area contributed by atoms with Gasteiger partial charge in [-0.1, -0.05) is 13.5 Å². The van der Waals surface area contributed by atoms with Crippen molar-refractivity contribution in [2.45, 2.75) is 27.2 Å². The van der Waals surface area contributed by atoms with Crippen LogP contribution in [0.2, 0.25) is 0 Å². The molecular weight excluding hydrogens is 424 g/mol. The van der Waals surface area contributed by atoms with Gasteiger partial charge < -0.3 is 16.2 Å². The SMILES string of the molecule is C=C(O)CN(CC)CCN(CCN(CCN(C)CC(=O)NCCCN)CC(C)=O)CC(C)=O. The fourth-order valence-electron chi connectivity index (χ4n) is 3.36. The van der Waals surface area contributed by atoms with E-state index in [-0.39, 0.29) is 29.8 Å². The molecule has 10 heteroatoms. The first kappa shape index (κ1) is 31.1. The average Bonchev–Trinajstić information content (AvgIpc) is 2.71. The first-order valence-electron chi connectivity index (χ1n) is 11.7. The van der Waals surface area contributed by atoms with Gasteiger partial charge in [0.25, 0.3) is 0 Å². The predicted octanol–water partition coefficient (Wildman–Crippen LogP) is -0.441. The normalized spacial score (nSPS) is 11.5. The molecule has 0 radical (unpaired) electrons. The zero-order valence-electron chi connectivity index (χ0n) is 21.1. The van der Waals surface area contributed by atoms with E-state index in [4.69, 9.17) is 5.73 Å². The first-order chi connectivity index (χ1) is 15.6. The molecule has 0 fully saturated rings. The molecule has 1 amide bonds. The van der Waals surface area contributed by atoms with Crippen LogP contribution in [-0.2, 0) is 14.4 Å². The number of amides is 1. The number of hydrogen-bond donors (Lipinski definition) is 3. The molecular formula is C23H46N6O4. The number of ketones is 2. The summed E-state index contributed by atoms with van der Waals surface area (Å²) in [5.74, 6) is 0.250. The van der Waals surface area contributed by atoms with Crippen molar-refractivity contribution < 1.29 is 19.5 Å². The molecule has 0 aliphatic rings.